The van der Waals surface area contributed by atoms with E-state index in [0.717, 1.165) is 19.3 Å². The molecule has 0 aromatic heterocycles. The summed E-state index contributed by atoms with van der Waals surface area (Å²) in [7, 11) is 0. The van der Waals surface area contributed by atoms with Crippen LogP contribution in [0.15, 0.2) is 23.3 Å². The van der Waals surface area contributed by atoms with Crippen molar-refractivity contribution in [1.29, 1.82) is 0 Å². The van der Waals surface area contributed by atoms with E-state index in [0.29, 0.717) is 11.6 Å². The lowest BCUT2D eigenvalue weighted by Gasteiger charge is -2.25. The van der Waals surface area contributed by atoms with Crippen LogP contribution in [0, 0.1) is 0 Å². The SMILES string of the molecule is CCCCCOC1(Cl)C=CCC=C1Cl. The molecule has 14 heavy (non-hydrogen) atoms. The number of ether oxygens (including phenoxy) is 1. The van der Waals surface area contributed by atoms with Crippen molar-refractivity contribution < 1.29 is 4.74 Å². The highest BCUT2D eigenvalue weighted by Gasteiger charge is 2.30. The van der Waals surface area contributed by atoms with E-state index in [2.05, 4.69) is 6.92 Å². The molecule has 0 N–H and O–H groups in total. The van der Waals surface area contributed by atoms with Crippen molar-refractivity contribution in [2.75, 3.05) is 6.61 Å². The molecule has 0 aliphatic heterocycles. The van der Waals surface area contributed by atoms with E-state index < -0.39 is 5.06 Å². The maximum Gasteiger partial charge on any atom is 0.196 e. The van der Waals surface area contributed by atoms with E-state index in [1.165, 1.54) is 6.42 Å². The molecule has 1 aliphatic rings. The van der Waals surface area contributed by atoms with Gasteiger partial charge in [-0.2, -0.15) is 0 Å². The zero-order valence-corrected chi connectivity index (χ0v) is 9.94. The highest BCUT2D eigenvalue weighted by Crippen LogP contribution is 2.34. The highest BCUT2D eigenvalue weighted by atomic mass is 35.5. The van der Waals surface area contributed by atoms with E-state index in [1.54, 1.807) is 0 Å². The van der Waals surface area contributed by atoms with Gasteiger partial charge in [0.2, 0.25) is 0 Å². The zero-order valence-electron chi connectivity index (χ0n) is 8.43. The lowest BCUT2D eigenvalue weighted by atomic mass is 10.1. The van der Waals surface area contributed by atoms with Crippen LogP contribution in [0.3, 0.4) is 0 Å². The van der Waals surface area contributed by atoms with E-state index >= 15 is 0 Å². The fraction of sp³-hybridized carbons (Fsp3) is 0.636. The molecule has 0 radical (unpaired) electrons. The van der Waals surface area contributed by atoms with Crippen LogP contribution < -0.4 is 0 Å². The van der Waals surface area contributed by atoms with Gasteiger partial charge in [0.25, 0.3) is 0 Å². The molecule has 80 valence electrons. The van der Waals surface area contributed by atoms with Gasteiger partial charge < -0.3 is 4.74 Å². The van der Waals surface area contributed by atoms with Crippen molar-refractivity contribution in [3.63, 3.8) is 0 Å². The quantitative estimate of drug-likeness (QED) is 0.394. The first kappa shape index (κ1) is 12.1. The second-order valence-corrected chi connectivity index (χ2v) is 4.36. The number of hydrogen-bond donors (Lipinski definition) is 0. The minimum atomic E-state index is -0.895. The lowest BCUT2D eigenvalue weighted by molar-refractivity contribution is 0.0790. The molecule has 3 heteroatoms. The van der Waals surface area contributed by atoms with Crippen LogP contribution in [0.5, 0.6) is 0 Å². The Labute approximate surface area is 95.7 Å². The third-order valence-electron chi connectivity index (χ3n) is 2.15. The largest absolute Gasteiger partial charge is 0.351 e. The van der Waals surface area contributed by atoms with E-state index in [4.69, 9.17) is 27.9 Å². The van der Waals surface area contributed by atoms with Crippen LogP contribution in [0.2, 0.25) is 0 Å². The van der Waals surface area contributed by atoms with E-state index in [1.807, 2.05) is 18.2 Å². The number of alkyl halides is 1. The van der Waals surface area contributed by atoms with Crippen LogP contribution in [0.4, 0.5) is 0 Å². The molecular formula is C11H16Cl2O. The van der Waals surface area contributed by atoms with Crippen LogP contribution in [-0.2, 0) is 4.74 Å². The number of unbranched alkanes of at least 4 members (excludes halogenated alkanes) is 2. The Morgan fingerprint density at radius 2 is 2.29 bits per heavy atom. The summed E-state index contributed by atoms with van der Waals surface area (Å²) in [4.78, 5) is 0. The molecule has 1 unspecified atom stereocenters. The average molecular weight is 235 g/mol. The summed E-state index contributed by atoms with van der Waals surface area (Å²) in [6.07, 6.45) is 9.89. The first-order valence-corrected chi connectivity index (χ1v) is 5.81. The lowest BCUT2D eigenvalue weighted by Crippen LogP contribution is -2.25. The summed E-state index contributed by atoms with van der Waals surface area (Å²) in [6, 6.07) is 0. The molecule has 0 fully saturated rings. The van der Waals surface area contributed by atoms with Gasteiger partial charge in [0, 0.05) is 6.61 Å². The number of rotatable bonds is 5. The van der Waals surface area contributed by atoms with E-state index in [9.17, 15) is 0 Å². The van der Waals surface area contributed by atoms with Crippen molar-refractivity contribution in [2.45, 2.75) is 37.7 Å². The Balaban J connectivity index is 2.37. The highest BCUT2D eigenvalue weighted by molar-refractivity contribution is 6.39. The van der Waals surface area contributed by atoms with Gasteiger partial charge in [-0.15, -0.1) is 0 Å². The molecule has 0 aromatic rings. The minimum absolute atomic E-state index is 0.582. The molecule has 0 saturated heterocycles. The molecule has 0 amide bonds. The van der Waals surface area contributed by atoms with Crippen molar-refractivity contribution >= 4 is 23.2 Å². The summed E-state index contributed by atoms with van der Waals surface area (Å²) >= 11 is 12.2. The first-order valence-electron chi connectivity index (χ1n) is 5.06. The predicted octanol–water partition coefficient (Wildman–Crippen LogP) is 4.21. The molecule has 1 atom stereocenters. The Morgan fingerprint density at radius 1 is 1.50 bits per heavy atom. The van der Waals surface area contributed by atoms with Gasteiger partial charge in [-0.1, -0.05) is 55.1 Å². The van der Waals surface area contributed by atoms with Crippen molar-refractivity contribution in [1.82, 2.24) is 0 Å². The van der Waals surface area contributed by atoms with Gasteiger partial charge in [0.1, 0.15) is 0 Å². The summed E-state index contributed by atoms with van der Waals surface area (Å²) in [5.41, 5.74) is 0. The Hall–Kier alpha value is 0.0200. The van der Waals surface area contributed by atoms with Crippen molar-refractivity contribution in [3.8, 4) is 0 Å². The second-order valence-electron chi connectivity index (χ2n) is 3.39. The standard InChI is InChI=1S/C11H16Cl2O/c1-2-3-6-9-14-11(13)8-5-4-7-10(11)12/h5,7-8H,2-4,6,9H2,1H3. The smallest absolute Gasteiger partial charge is 0.196 e. The predicted molar refractivity (Wildman–Crippen MR) is 61.8 cm³/mol. The third-order valence-corrected chi connectivity index (χ3v) is 3.12. The van der Waals surface area contributed by atoms with E-state index in [-0.39, 0.29) is 0 Å². The van der Waals surface area contributed by atoms with Gasteiger partial charge in [-0.3, -0.25) is 0 Å². The molecule has 0 bridgehead atoms. The molecular weight excluding hydrogens is 219 g/mol. The summed E-state index contributed by atoms with van der Waals surface area (Å²) in [5, 5.41) is -0.314. The van der Waals surface area contributed by atoms with Crippen molar-refractivity contribution in [2.24, 2.45) is 0 Å². The van der Waals surface area contributed by atoms with Crippen LogP contribution in [0.1, 0.15) is 32.6 Å². The summed E-state index contributed by atoms with van der Waals surface area (Å²) < 4.78 is 5.56. The molecule has 0 saturated carbocycles. The number of allylic oxidation sites excluding steroid dienone is 2. The van der Waals surface area contributed by atoms with Gasteiger partial charge in [-0.05, 0) is 18.9 Å². The van der Waals surface area contributed by atoms with Gasteiger partial charge in [0.05, 0.1) is 5.03 Å². The van der Waals surface area contributed by atoms with Gasteiger partial charge in [0.15, 0.2) is 5.06 Å². The first-order chi connectivity index (χ1) is 6.69. The van der Waals surface area contributed by atoms with Crippen LogP contribution in [0.25, 0.3) is 0 Å². The third kappa shape index (κ3) is 3.30. The Morgan fingerprint density at radius 3 is 2.93 bits per heavy atom. The normalized spacial score (nSPS) is 26.4. The molecule has 0 spiro atoms. The average Bonchev–Trinajstić information content (AvgIpc) is 2.18. The monoisotopic (exact) mass is 234 g/mol. The van der Waals surface area contributed by atoms with Gasteiger partial charge in [-0.25, -0.2) is 0 Å². The van der Waals surface area contributed by atoms with Crippen LogP contribution >= 0.6 is 23.2 Å². The molecule has 1 aliphatic carbocycles. The minimum Gasteiger partial charge on any atom is -0.351 e. The summed E-state index contributed by atoms with van der Waals surface area (Å²) in [5.74, 6) is 0. The Kier molecular flexibility index (Phi) is 5.00. The van der Waals surface area contributed by atoms with Gasteiger partial charge >= 0.3 is 0 Å². The molecule has 0 aromatic carbocycles. The number of hydrogen-bond acceptors (Lipinski definition) is 1. The molecule has 1 nitrogen and oxygen atoms in total. The fourth-order valence-electron chi connectivity index (χ4n) is 1.30. The second kappa shape index (κ2) is 5.79. The number of halogens is 2. The Bertz CT molecular complexity index is 235. The maximum atomic E-state index is 6.20. The fourth-order valence-corrected chi connectivity index (χ4v) is 1.75. The van der Waals surface area contributed by atoms with Crippen molar-refractivity contribution in [3.05, 3.63) is 23.3 Å². The molecule has 0 heterocycles. The maximum absolute atomic E-state index is 6.20. The topological polar surface area (TPSA) is 9.23 Å². The molecule has 1 rings (SSSR count). The summed E-state index contributed by atoms with van der Waals surface area (Å²) in [6.45, 7) is 2.82. The zero-order chi connectivity index (χ0) is 10.4. The van der Waals surface area contributed by atoms with Crippen LogP contribution in [-0.4, -0.2) is 11.7 Å².